The predicted octanol–water partition coefficient (Wildman–Crippen LogP) is 2.53. The zero-order chi connectivity index (χ0) is 13.4. The molecule has 1 aliphatic rings. The van der Waals surface area contributed by atoms with Gasteiger partial charge in [-0.25, -0.2) is 13.1 Å². The van der Waals surface area contributed by atoms with Gasteiger partial charge in [0.15, 0.2) is 0 Å². The third-order valence-corrected chi connectivity index (χ3v) is 5.28. The average molecular weight is 289 g/mol. The van der Waals surface area contributed by atoms with E-state index in [1.54, 1.807) is 6.07 Å². The molecular formula is C12H17ClN2O2S. The van der Waals surface area contributed by atoms with Crippen LogP contribution in [0.1, 0.15) is 32.6 Å². The molecule has 0 aliphatic heterocycles. The van der Waals surface area contributed by atoms with Crippen LogP contribution in [0.4, 0.5) is 5.69 Å². The first-order valence-electron chi connectivity index (χ1n) is 5.91. The van der Waals surface area contributed by atoms with Crippen molar-refractivity contribution >= 4 is 27.3 Å². The van der Waals surface area contributed by atoms with Gasteiger partial charge < -0.3 is 5.73 Å². The van der Waals surface area contributed by atoms with E-state index in [0.29, 0.717) is 5.02 Å². The van der Waals surface area contributed by atoms with E-state index >= 15 is 0 Å². The fourth-order valence-corrected chi connectivity index (χ4v) is 4.24. The van der Waals surface area contributed by atoms with Crippen molar-refractivity contribution in [2.75, 3.05) is 5.73 Å². The van der Waals surface area contributed by atoms with Crippen molar-refractivity contribution in [3.63, 3.8) is 0 Å². The standard InChI is InChI=1S/C12H17ClN2O2S/c1-12(6-2-3-7-12)15-18(16,17)11-8-9(13)4-5-10(11)14/h4-5,8,15H,2-3,6-7,14H2,1H3. The molecule has 100 valence electrons. The van der Waals surface area contributed by atoms with E-state index in [9.17, 15) is 8.42 Å². The number of nitrogens with one attached hydrogen (secondary N) is 1. The Bertz CT molecular complexity index is 551. The number of sulfonamides is 1. The van der Waals surface area contributed by atoms with Crippen molar-refractivity contribution in [1.29, 1.82) is 0 Å². The van der Waals surface area contributed by atoms with Gasteiger partial charge in [0.05, 0.1) is 5.69 Å². The Labute approximate surface area is 113 Å². The van der Waals surface area contributed by atoms with Crippen molar-refractivity contribution in [1.82, 2.24) is 4.72 Å². The van der Waals surface area contributed by atoms with Crippen molar-refractivity contribution in [3.05, 3.63) is 23.2 Å². The zero-order valence-corrected chi connectivity index (χ0v) is 11.8. The molecule has 1 aromatic carbocycles. The number of hydrogen-bond donors (Lipinski definition) is 2. The first-order chi connectivity index (χ1) is 8.32. The maximum Gasteiger partial charge on any atom is 0.243 e. The van der Waals surface area contributed by atoms with Crippen molar-refractivity contribution < 1.29 is 8.42 Å². The van der Waals surface area contributed by atoms with E-state index in [0.717, 1.165) is 25.7 Å². The molecule has 0 unspecified atom stereocenters. The van der Waals surface area contributed by atoms with Crippen LogP contribution in [0.15, 0.2) is 23.1 Å². The number of hydrogen-bond acceptors (Lipinski definition) is 3. The lowest BCUT2D eigenvalue weighted by atomic mass is 10.0. The fourth-order valence-electron chi connectivity index (χ4n) is 2.38. The Morgan fingerprint density at radius 2 is 1.94 bits per heavy atom. The SMILES string of the molecule is CC1(NS(=O)(=O)c2cc(Cl)ccc2N)CCCC1. The van der Waals surface area contributed by atoms with E-state index < -0.39 is 10.0 Å². The van der Waals surface area contributed by atoms with Gasteiger partial charge in [0.1, 0.15) is 4.90 Å². The number of nitrogen functional groups attached to an aromatic ring is 1. The summed E-state index contributed by atoms with van der Waals surface area (Å²) < 4.78 is 27.4. The minimum atomic E-state index is -3.61. The number of rotatable bonds is 3. The van der Waals surface area contributed by atoms with E-state index in [1.807, 2.05) is 6.92 Å². The van der Waals surface area contributed by atoms with Crippen LogP contribution in [0.5, 0.6) is 0 Å². The summed E-state index contributed by atoms with van der Waals surface area (Å²) in [7, 11) is -3.61. The Hall–Kier alpha value is -0.780. The van der Waals surface area contributed by atoms with Crippen molar-refractivity contribution in [2.24, 2.45) is 0 Å². The lowest BCUT2D eigenvalue weighted by Gasteiger charge is -2.25. The van der Waals surface area contributed by atoms with Crippen LogP contribution in [-0.4, -0.2) is 14.0 Å². The fraction of sp³-hybridized carbons (Fsp3) is 0.500. The summed E-state index contributed by atoms with van der Waals surface area (Å²) in [6.07, 6.45) is 3.80. The Kier molecular flexibility index (Phi) is 3.58. The molecule has 1 aromatic rings. The quantitative estimate of drug-likeness (QED) is 0.840. The van der Waals surface area contributed by atoms with Crippen LogP contribution in [0.25, 0.3) is 0 Å². The van der Waals surface area contributed by atoms with Gasteiger partial charge in [0.25, 0.3) is 0 Å². The monoisotopic (exact) mass is 288 g/mol. The molecule has 0 bridgehead atoms. The van der Waals surface area contributed by atoms with Gasteiger partial charge in [-0.15, -0.1) is 0 Å². The first-order valence-corrected chi connectivity index (χ1v) is 7.78. The van der Waals surface area contributed by atoms with Crippen molar-refractivity contribution in [3.8, 4) is 0 Å². The van der Waals surface area contributed by atoms with E-state index in [1.165, 1.54) is 12.1 Å². The van der Waals surface area contributed by atoms with Crippen LogP contribution in [0, 0.1) is 0 Å². The molecule has 6 heteroatoms. The van der Waals surface area contributed by atoms with E-state index in [2.05, 4.69) is 4.72 Å². The van der Waals surface area contributed by atoms with Gasteiger partial charge in [0.2, 0.25) is 10.0 Å². The second kappa shape index (κ2) is 4.72. The highest BCUT2D eigenvalue weighted by Gasteiger charge is 2.34. The zero-order valence-electron chi connectivity index (χ0n) is 10.2. The molecule has 0 amide bonds. The van der Waals surface area contributed by atoms with Gasteiger partial charge in [-0.05, 0) is 38.0 Å². The molecule has 3 N–H and O–H groups in total. The van der Waals surface area contributed by atoms with E-state index in [4.69, 9.17) is 17.3 Å². The molecule has 1 saturated carbocycles. The second-order valence-corrected chi connectivity index (χ2v) is 7.14. The topological polar surface area (TPSA) is 72.2 Å². The van der Waals surface area contributed by atoms with Gasteiger partial charge in [-0.1, -0.05) is 24.4 Å². The van der Waals surface area contributed by atoms with E-state index in [-0.39, 0.29) is 16.1 Å². The highest BCUT2D eigenvalue weighted by molar-refractivity contribution is 7.89. The lowest BCUT2D eigenvalue weighted by Crippen LogP contribution is -2.43. The molecule has 0 aromatic heterocycles. The lowest BCUT2D eigenvalue weighted by molar-refractivity contribution is 0.427. The van der Waals surface area contributed by atoms with Crippen LogP contribution < -0.4 is 10.5 Å². The maximum atomic E-state index is 12.3. The Balaban J connectivity index is 2.33. The van der Waals surface area contributed by atoms with Gasteiger partial charge in [0, 0.05) is 10.6 Å². The third kappa shape index (κ3) is 2.79. The first kappa shape index (κ1) is 13.6. The largest absolute Gasteiger partial charge is 0.398 e. The summed E-state index contributed by atoms with van der Waals surface area (Å²) in [5, 5.41) is 0.362. The van der Waals surface area contributed by atoms with Crippen LogP contribution >= 0.6 is 11.6 Å². The maximum absolute atomic E-state index is 12.3. The molecule has 1 fully saturated rings. The van der Waals surface area contributed by atoms with Crippen LogP contribution in [0.3, 0.4) is 0 Å². The normalized spacial score (nSPS) is 19.0. The summed E-state index contributed by atoms with van der Waals surface area (Å²) in [6.45, 7) is 1.93. The summed E-state index contributed by atoms with van der Waals surface area (Å²) in [5.41, 5.74) is 5.56. The number of benzene rings is 1. The molecule has 4 nitrogen and oxygen atoms in total. The number of anilines is 1. The molecule has 0 heterocycles. The van der Waals surface area contributed by atoms with Crippen LogP contribution in [-0.2, 0) is 10.0 Å². The highest BCUT2D eigenvalue weighted by Crippen LogP contribution is 2.32. The Morgan fingerprint density at radius 1 is 1.33 bits per heavy atom. The molecule has 2 rings (SSSR count). The summed E-state index contributed by atoms with van der Waals surface area (Å²) in [5.74, 6) is 0. The second-order valence-electron chi connectivity index (χ2n) is 5.06. The summed E-state index contributed by atoms with van der Waals surface area (Å²) in [6, 6.07) is 4.47. The smallest absolute Gasteiger partial charge is 0.243 e. The predicted molar refractivity (Wildman–Crippen MR) is 73.1 cm³/mol. The third-order valence-electron chi connectivity index (χ3n) is 3.35. The van der Waals surface area contributed by atoms with Crippen LogP contribution in [0.2, 0.25) is 5.02 Å². The molecule has 0 atom stereocenters. The molecule has 0 radical (unpaired) electrons. The molecular weight excluding hydrogens is 272 g/mol. The minimum absolute atomic E-state index is 0.0584. The van der Waals surface area contributed by atoms with Gasteiger partial charge in [-0.2, -0.15) is 0 Å². The minimum Gasteiger partial charge on any atom is -0.398 e. The average Bonchev–Trinajstić information content (AvgIpc) is 2.67. The Morgan fingerprint density at radius 3 is 2.56 bits per heavy atom. The molecule has 18 heavy (non-hydrogen) atoms. The molecule has 0 spiro atoms. The number of halogens is 1. The summed E-state index contributed by atoms with van der Waals surface area (Å²) >= 11 is 5.83. The highest BCUT2D eigenvalue weighted by atomic mass is 35.5. The van der Waals surface area contributed by atoms with Gasteiger partial charge in [-0.3, -0.25) is 0 Å². The number of nitrogens with two attached hydrogens (primary N) is 1. The van der Waals surface area contributed by atoms with Crippen molar-refractivity contribution in [2.45, 2.75) is 43.0 Å². The van der Waals surface area contributed by atoms with Gasteiger partial charge >= 0.3 is 0 Å². The summed E-state index contributed by atoms with van der Waals surface area (Å²) in [4.78, 5) is 0.0584. The molecule has 1 aliphatic carbocycles. The molecule has 0 saturated heterocycles.